The number of methoxy groups -OCH3 is 1. The van der Waals surface area contributed by atoms with Crippen molar-refractivity contribution < 1.29 is 14.3 Å². The van der Waals surface area contributed by atoms with Gasteiger partial charge in [0.05, 0.1) is 19.3 Å². The number of ether oxygens (including phenoxy) is 1. The zero-order valence-corrected chi connectivity index (χ0v) is 16.3. The Morgan fingerprint density at radius 1 is 1.30 bits per heavy atom. The third-order valence-corrected chi connectivity index (χ3v) is 6.65. The first-order valence-electron chi connectivity index (χ1n) is 9.26. The summed E-state index contributed by atoms with van der Waals surface area (Å²) in [7, 11) is 1.63. The minimum Gasteiger partial charge on any atom is -0.497 e. The van der Waals surface area contributed by atoms with Gasteiger partial charge in [-0.05, 0) is 43.0 Å². The summed E-state index contributed by atoms with van der Waals surface area (Å²) in [5, 5.41) is 5.76. The molecule has 0 radical (unpaired) electrons. The lowest BCUT2D eigenvalue weighted by molar-refractivity contribution is -0.134. The molecule has 2 aromatic rings. The lowest BCUT2D eigenvalue weighted by atomic mass is 9.73. The SMILES string of the molecule is COc1ccc(-c2nc(CN3C(=O)NC4(CCCCC4C)C3=O)cs2)cc1. The van der Waals surface area contributed by atoms with Crippen LogP contribution in [0.25, 0.3) is 10.6 Å². The second-order valence-electron chi connectivity index (χ2n) is 7.31. The number of nitrogens with zero attached hydrogens (tertiary/aromatic N) is 2. The van der Waals surface area contributed by atoms with Crippen molar-refractivity contribution in [3.8, 4) is 16.3 Å². The average Bonchev–Trinajstić information content (AvgIpc) is 3.24. The number of carbonyl (C=O) groups excluding carboxylic acids is 2. The van der Waals surface area contributed by atoms with Gasteiger partial charge in [-0.15, -0.1) is 11.3 Å². The number of urea groups is 1. The minimum atomic E-state index is -0.718. The number of carbonyl (C=O) groups is 2. The molecule has 2 atom stereocenters. The molecular weight excluding hydrogens is 362 g/mol. The Kier molecular flexibility index (Phi) is 4.63. The fourth-order valence-electron chi connectivity index (χ4n) is 4.05. The number of hydrogen-bond donors (Lipinski definition) is 1. The van der Waals surface area contributed by atoms with E-state index in [-0.39, 0.29) is 24.4 Å². The van der Waals surface area contributed by atoms with Crippen LogP contribution in [-0.4, -0.2) is 34.5 Å². The summed E-state index contributed by atoms with van der Waals surface area (Å²) in [5.41, 5.74) is 1.00. The Bertz CT molecular complexity index is 864. The molecule has 1 N–H and O–H groups in total. The third kappa shape index (κ3) is 3.10. The molecule has 2 heterocycles. The Labute approximate surface area is 162 Å². The molecule has 1 aromatic carbocycles. The molecule has 1 saturated heterocycles. The Morgan fingerprint density at radius 3 is 2.78 bits per heavy atom. The maximum Gasteiger partial charge on any atom is 0.325 e. The van der Waals surface area contributed by atoms with E-state index in [0.717, 1.165) is 47.7 Å². The molecule has 2 aliphatic rings. The predicted molar refractivity (Wildman–Crippen MR) is 104 cm³/mol. The highest BCUT2D eigenvalue weighted by Crippen LogP contribution is 2.38. The number of nitrogens with one attached hydrogen (secondary N) is 1. The average molecular weight is 385 g/mol. The van der Waals surface area contributed by atoms with Crippen molar-refractivity contribution >= 4 is 23.3 Å². The van der Waals surface area contributed by atoms with Crippen molar-refractivity contribution in [1.82, 2.24) is 15.2 Å². The summed E-state index contributed by atoms with van der Waals surface area (Å²) in [6.45, 7) is 2.28. The third-order valence-electron chi connectivity index (χ3n) is 5.71. The largest absolute Gasteiger partial charge is 0.497 e. The lowest BCUT2D eigenvalue weighted by Gasteiger charge is -2.36. The summed E-state index contributed by atoms with van der Waals surface area (Å²) in [6, 6.07) is 7.39. The number of aromatic nitrogens is 1. The maximum atomic E-state index is 13.1. The van der Waals surface area contributed by atoms with Gasteiger partial charge >= 0.3 is 6.03 Å². The zero-order valence-electron chi connectivity index (χ0n) is 15.5. The van der Waals surface area contributed by atoms with Crippen LogP contribution < -0.4 is 10.1 Å². The van der Waals surface area contributed by atoms with E-state index in [0.29, 0.717) is 0 Å². The van der Waals surface area contributed by atoms with Crippen LogP contribution in [0.15, 0.2) is 29.6 Å². The van der Waals surface area contributed by atoms with Crippen molar-refractivity contribution in [3.63, 3.8) is 0 Å². The van der Waals surface area contributed by atoms with Crippen LogP contribution in [0.5, 0.6) is 5.75 Å². The molecule has 4 rings (SSSR count). The first-order chi connectivity index (χ1) is 13.0. The maximum absolute atomic E-state index is 13.1. The Morgan fingerprint density at radius 2 is 2.07 bits per heavy atom. The number of amides is 3. The second kappa shape index (κ2) is 6.96. The molecule has 142 valence electrons. The molecule has 27 heavy (non-hydrogen) atoms. The molecule has 3 amide bonds. The van der Waals surface area contributed by atoms with Gasteiger partial charge in [0.2, 0.25) is 0 Å². The lowest BCUT2D eigenvalue weighted by Crippen LogP contribution is -2.53. The summed E-state index contributed by atoms with van der Waals surface area (Å²) in [5.74, 6) is 0.860. The quantitative estimate of drug-likeness (QED) is 0.812. The van der Waals surface area contributed by atoms with Gasteiger partial charge in [-0.1, -0.05) is 19.8 Å². The van der Waals surface area contributed by atoms with Crippen molar-refractivity contribution in [2.24, 2.45) is 5.92 Å². The smallest absolute Gasteiger partial charge is 0.325 e. The van der Waals surface area contributed by atoms with Crippen molar-refractivity contribution in [1.29, 1.82) is 0 Å². The van der Waals surface area contributed by atoms with Crippen molar-refractivity contribution in [3.05, 3.63) is 35.3 Å². The van der Waals surface area contributed by atoms with Crippen LogP contribution in [0, 0.1) is 5.92 Å². The number of imide groups is 1. The van der Waals surface area contributed by atoms with E-state index < -0.39 is 5.54 Å². The van der Waals surface area contributed by atoms with Crippen LogP contribution in [0.4, 0.5) is 4.79 Å². The fourth-order valence-corrected chi connectivity index (χ4v) is 4.86. The van der Waals surface area contributed by atoms with E-state index in [1.807, 2.05) is 29.6 Å². The number of hydrogen-bond acceptors (Lipinski definition) is 5. The van der Waals surface area contributed by atoms with Crippen molar-refractivity contribution in [2.45, 2.75) is 44.7 Å². The molecule has 6 nitrogen and oxygen atoms in total. The number of thiazole rings is 1. The number of rotatable bonds is 4. The minimum absolute atomic E-state index is 0.0984. The molecular formula is C20H23N3O3S. The summed E-state index contributed by atoms with van der Waals surface area (Å²) in [6.07, 6.45) is 3.79. The molecule has 2 unspecified atom stereocenters. The van der Waals surface area contributed by atoms with Gasteiger partial charge in [0.15, 0.2) is 0 Å². The summed E-state index contributed by atoms with van der Waals surface area (Å²) in [4.78, 5) is 31.5. The van der Waals surface area contributed by atoms with Crippen LogP contribution in [0.2, 0.25) is 0 Å². The van der Waals surface area contributed by atoms with Crippen LogP contribution >= 0.6 is 11.3 Å². The highest BCUT2D eigenvalue weighted by atomic mass is 32.1. The van der Waals surface area contributed by atoms with E-state index >= 15 is 0 Å². The van der Waals surface area contributed by atoms with Gasteiger partial charge in [0.25, 0.3) is 5.91 Å². The zero-order chi connectivity index (χ0) is 19.0. The molecule has 2 fully saturated rings. The molecule has 7 heteroatoms. The van der Waals surface area contributed by atoms with Gasteiger partial charge in [-0.25, -0.2) is 9.78 Å². The van der Waals surface area contributed by atoms with Gasteiger partial charge in [0.1, 0.15) is 16.3 Å². The van der Waals surface area contributed by atoms with E-state index in [2.05, 4.69) is 17.2 Å². The molecule has 0 bridgehead atoms. The van der Waals surface area contributed by atoms with Gasteiger partial charge in [-0.3, -0.25) is 9.69 Å². The highest BCUT2D eigenvalue weighted by molar-refractivity contribution is 7.13. The Balaban J connectivity index is 1.52. The van der Waals surface area contributed by atoms with E-state index in [9.17, 15) is 9.59 Å². The molecule has 1 aliphatic heterocycles. The standard InChI is InChI=1S/C20H23N3O3S/c1-13-5-3-4-10-20(13)18(24)23(19(25)22-20)11-15-12-27-17(21-15)14-6-8-16(26-2)9-7-14/h6-9,12-13H,3-5,10-11H2,1-2H3,(H,22,25). The summed E-state index contributed by atoms with van der Waals surface area (Å²) < 4.78 is 5.18. The normalized spacial score (nSPS) is 25.1. The Hall–Kier alpha value is -2.41. The first kappa shape index (κ1) is 18.0. The van der Waals surface area contributed by atoms with E-state index in [1.54, 1.807) is 7.11 Å². The molecule has 1 saturated carbocycles. The molecule has 1 spiro atoms. The molecule has 1 aliphatic carbocycles. The molecule has 1 aromatic heterocycles. The fraction of sp³-hybridized carbons (Fsp3) is 0.450. The summed E-state index contributed by atoms with van der Waals surface area (Å²) >= 11 is 1.51. The van der Waals surface area contributed by atoms with E-state index in [4.69, 9.17) is 4.74 Å². The topological polar surface area (TPSA) is 71.5 Å². The monoisotopic (exact) mass is 385 g/mol. The van der Waals surface area contributed by atoms with Crippen molar-refractivity contribution in [2.75, 3.05) is 7.11 Å². The van der Waals surface area contributed by atoms with Crippen LogP contribution in [0.1, 0.15) is 38.3 Å². The second-order valence-corrected chi connectivity index (χ2v) is 8.17. The van der Waals surface area contributed by atoms with Gasteiger partial charge in [-0.2, -0.15) is 0 Å². The van der Waals surface area contributed by atoms with E-state index in [1.165, 1.54) is 16.2 Å². The van der Waals surface area contributed by atoms with Gasteiger partial charge in [0, 0.05) is 10.9 Å². The first-order valence-corrected chi connectivity index (χ1v) is 10.1. The highest BCUT2D eigenvalue weighted by Gasteiger charge is 2.54. The van der Waals surface area contributed by atoms with Crippen LogP contribution in [-0.2, 0) is 11.3 Å². The van der Waals surface area contributed by atoms with Gasteiger partial charge < -0.3 is 10.1 Å². The number of benzene rings is 1. The predicted octanol–water partition coefficient (Wildman–Crippen LogP) is 3.82. The van der Waals surface area contributed by atoms with Crippen LogP contribution in [0.3, 0.4) is 0 Å².